The number of aromatic amines is 2. The zero-order valence-corrected chi connectivity index (χ0v) is 9.63. The van der Waals surface area contributed by atoms with E-state index in [1.54, 1.807) is 0 Å². The van der Waals surface area contributed by atoms with E-state index in [4.69, 9.17) is 0 Å². The molecule has 16 heavy (non-hydrogen) atoms. The van der Waals surface area contributed by atoms with Gasteiger partial charge >= 0.3 is 0 Å². The number of aromatic nitrogens is 4. The molecule has 0 atom stereocenters. The first-order valence-electron chi connectivity index (χ1n) is 5.49. The Labute approximate surface area is 93.1 Å². The van der Waals surface area contributed by atoms with E-state index in [-0.39, 0.29) is 0 Å². The summed E-state index contributed by atoms with van der Waals surface area (Å²) in [4.78, 5) is 15.5. The Balaban J connectivity index is 2.31. The molecular weight excluding hydrogens is 200 g/mol. The number of nitrogens with zero attached hydrogens (tertiary/aromatic N) is 2. The summed E-state index contributed by atoms with van der Waals surface area (Å²) < 4.78 is 0. The second-order valence-corrected chi connectivity index (χ2v) is 4.49. The standard InChI is InChI=1S/C12H14N4/c1-6(2)12-15-10-4-8-9(5-11(10)16-12)14-7(3)13-8/h4-6H,1-3H3,(H,13,14)(H,15,16). The average Bonchev–Trinajstić information content (AvgIpc) is 2.74. The number of nitrogens with one attached hydrogen (secondary N) is 2. The molecule has 2 N–H and O–H groups in total. The van der Waals surface area contributed by atoms with E-state index in [1.165, 1.54) is 0 Å². The molecule has 1 aromatic carbocycles. The van der Waals surface area contributed by atoms with Crippen molar-refractivity contribution in [1.29, 1.82) is 0 Å². The van der Waals surface area contributed by atoms with Gasteiger partial charge in [-0.2, -0.15) is 0 Å². The van der Waals surface area contributed by atoms with E-state index in [0.717, 1.165) is 33.7 Å². The summed E-state index contributed by atoms with van der Waals surface area (Å²) >= 11 is 0. The molecular formula is C12H14N4. The van der Waals surface area contributed by atoms with E-state index in [1.807, 2.05) is 13.0 Å². The van der Waals surface area contributed by atoms with E-state index >= 15 is 0 Å². The van der Waals surface area contributed by atoms with E-state index < -0.39 is 0 Å². The van der Waals surface area contributed by atoms with Crippen molar-refractivity contribution in [2.45, 2.75) is 26.7 Å². The third kappa shape index (κ3) is 1.30. The maximum atomic E-state index is 4.56. The summed E-state index contributed by atoms with van der Waals surface area (Å²) in [6.07, 6.45) is 0. The summed E-state index contributed by atoms with van der Waals surface area (Å²) in [7, 11) is 0. The number of fused-ring (bicyclic) bond motifs is 2. The van der Waals surface area contributed by atoms with Crippen molar-refractivity contribution >= 4 is 22.1 Å². The van der Waals surface area contributed by atoms with Gasteiger partial charge in [-0.1, -0.05) is 13.8 Å². The van der Waals surface area contributed by atoms with Crippen LogP contribution in [0.1, 0.15) is 31.4 Å². The van der Waals surface area contributed by atoms with Crippen LogP contribution in [0.25, 0.3) is 22.1 Å². The van der Waals surface area contributed by atoms with Crippen LogP contribution in [-0.4, -0.2) is 19.9 Å². The molecule has 0 saturated heterocycles. The van der Waals surface area contributed by atoms with Crippen molar-refractivity contribution in [3.63, 3.8) is 0 Å². The molecule has 0 aliphatic rings. The lowest BCUT2D eigenvalue weighted by molar-refractivity contribution is 0.799. The van der Waals surface area contributed by atoms with Gasteiger partial charge in [0.15, 0.2) is 0 Å². The zero-order chi connectivity index (χ0) is 11.3. The van der Waals surface area contributed by atoms with Gasteiger partial charge in [0, 0.05) is 5.92 Å². The minimum atomic E-state index is 0.417. The normalized spacial score (nSPS) is 12.0. The molecule has 3 aromatic rings. The Hall–Kier alpha value is -1.84. The fourth-order valence-electron chi connectivity index (χ4n) is 1.94. The highest BCUT2D eigenvalue weighted by molar-refractivity contribution is 5.91. The van der Waals surface area contributed by atoms with Crippen LogP contribution in [-0.2, 0) is 0 Å². The molecule has 0 radical (unpaired) electrons. The number of imidazole rings is 2. The summed E-state index contributed by atoms with van der Waals surface area (Å²) in [5.74, 6) is 2.38. The smallest absolute Gasteiger partial charge is 0.109 e. The van der Waals surface area contributed by atoms with Gasteiger partial charge in [-0.15, -0.1) is 0 Å². The van der Waals surface area contributed by atoms with Gasteiger partial charge in [-0.05, 0) is 19.1 Å². The highest BCUT2D eigenvalue weighted by atomic mass is 14.9. The number of aryl methyl sites for hydroxylation is 1. The van der Waals surface area contributed by atoms with Crippen LogP contribution in [0.4, 0.5) is 0 Å². The van der Waals surface area contributed by atoms with Crippen molar-refractivity contribution < 1.29 is 0 Å². The van der Waals surface area contributed by atoms with Crippen molar-refractivity contribution in [3.05, 3.63) is 23.8 Å². The van der Waals surface area contributed by atoms with E-state index in [2.05, 4.69) is 39.8 Å². The Bertz CT molecular complexity index is 609. The Kier molecular flexibility index (Phi) is 1.80. The van der Waals surface area contributed by atoms with Crippen molar-refractivity contribution in [2.75, 3.05) is 0 Å². The van der Waals surface area contributed by atoms with Gasteiger partial charge in [-0.25, -0.2) is 9.97 Å². The first-order valence-corrected chi connectivity index (χ1v) is 5.49. The Morgan fingerprint density at radius 1 is 1.00 bits per heavy atom. The Morgan fingerprint density at radius 2 is 1.69 bits per heavy atom. The maximum absolute atomic E-state index is 4.56. The number of H-pyrrole nitrogens is 2. The topological polar surface area (TPSA) is 57.4 Å². The fraction of sp³-hybridized carbons (Fsp3) is 0.333. The Morgan fingerprint density at radius 3 is 2.44 bits per heavy atom. The van der Waals surface area contributed by atoms with Gasteiger partial charge in [0.25, 0.3) is 0 Å². The summed E-state index contributed by atoms with van der Waals surface area (Å²) in [6.45, 7) is 6.22. The van der Waals surface area contributed by atoms with Crippen LogP contribution in [0.5, 0.6) is 0 Å². The predicted octanol–water partition coefficient (Wildman–Crippen LogP) is 2.87. The van der Waals surface area contributed by atoms with Gasteiger partial charge in [0.1, 0.15) is 11.6 Å². The van der Waals surface area contributed by atoms with E-state index in [9.17, 15) is 0 Å². The fourth-order valence-corrected chi connectivity index (χ4v) is 1.94. The molecule has 0 unspecified atom stereocenters. The third-order valence-corrected chi connectivity index (χ3v) is 2.77. The molecule has 3 rings (SSSR count). The molecule has 0 aliphatic heterocycles. The van der Waals surface area contributed by atoms with Gasteiger partial charge in [0.2, 0.25) is 0 Å². The molecule has 2 aromatic heterocycles. The molecule has 4 heteroatoms. The van der Waals surface area contributed by atoms with Crippen molar-refractivity contribution in [1.82, 2.24) is 19.9 Å². The molecule has 0 fully saturated rings. The van der Waals surface area contributed by atoms with Crippen LogP contribution in [0.2, 0.25) is 0 Å². The van der Waals surface area contributed by atoms with Crippen molar-refractivity contribution in [2.24, 2.45) is 0 Å². The number of hydrogen-bond donors (Lipinski definition) is 2. The van der Waals surface area contributed by atoms with Crippen molar-refractivity contribution in [3.8, 4) is 0 Å². The zero-order valence-electron chi connectivity index (χ0n) is 9.63. The molecule has 0 saturated carbocycles. The molecule has 0 spiro atoms. The lowest BCUT2D eigenvalue weighted by Crippen LogP contribution is -1.88. The molecule has 82 valence electrons. The van der Waals surface area contributed by atoms with Gasteiger partial charge < -0.3 is 9.97 Å². The minimum Gasteiger partial charge on any atom is -0.342 e. The van der Waals surface area contributed by atoms with Gasteiger partial charge in [-0.3, -0.25) is 0 Å². The first-order chi connectivity index (χ1) is 7.63. The second-order valence-electron chi connectivity index (χ2n) is 4.49. The SMILES string of the molecule is Cc1nc2cc3nc(C(C)C)[nH]c3cc2[nH]1. The molecule has 0 amide bonds. The molecule has 4 nitrogen and oxygen atoms in total. The lowest BCUT2D eigenvalue weighted by Gasteiger charge is -1.95. The van der Waals surface area contributed by atoms with Crippen LogP contribution in [0.15, 0.2) is 12.1 Å². The van der Waals surface area contributed by atoms with Crippen LogP contribution in [0.3, 0.4) is 0 Å². The number of hydrogen-bond acceptors (Lipinski definition) is 2. The van der Waals surface area contributed by atoms with Crippen LogP contribution < -0.4 is 0 Å². The predicted molar refractivity (Wildman–Crippen MR) is 64.6 cm³/mol. The summed E-state index contributed by atoms with van der Waals surface area (Å²) in [6, 6.07) is 4.10. The summed E-state index contributed by atoms with van der Waals surface area (Å²) in [5.41, 5.74) is 4.10. The number of rotatable bonds is 1. The maximum Gasteiger partial charge on any atom is 0.109 e. The third-order valence-electron chi connectivity index (χ3n) is 2.77. The highest BCUT2D eigenvalue weighted by Gasteiger charge is 2.08. The average molecular weight is 214 g/mol. The number of benzene rings is 1. The quantitative estimate of drug-likeness (QED) is 0.654. The molecule has 0 aliphatic carbocycles. The largest absolute Gasteiger partial charge is 0.342 e. The van der Waals surface area contributed by atoms with Crippen LogP contribution in [0, 0.1) is 6.92 Å². The summed E-state index contributed by atoms with van der Waals surface area (Å²) in [5, 5.41) is 0. The molecule has 2 heterocycles. The second kappa shape index (κ2) is 3.07. The van der Waals surface area contributed by atoms with Gasteiger partial charge in [0.05, 0.1) is 22.1 Å². The van der Waals surface area contributed by atoms with E-state index in [0.29, 0.717) is 5.92 Å². The lowest BCUT2D eigenvalue weighted by atomic mass is 10.2. The highest BCUT2D eigenvalue weighted by Crippen LogP contribution is 2.21. The first kappa shape index (κ1) is 9.39. The van der Waals surface area contributed by atoms with Crippen LogP contribution >= 0.6 is 0 Å². The molecule has 0 bridgehead atoms. The minimum absolute atomic E-state index is 0.417. The monoisotopic (exact) mass is 214 g/mol.